The van der Waals surface area contributed by atoms with Gasteiger partial charge in [0.05, 0.1) is 6.10 Å². The number of esters is 1. The summed E-state index contributed by atoms with van der Waals surface area (Å²) in [6.07, 6.45) is 18.7. The van der Waals surface area contributed by atoms with Gasteiger partial charge in [0.1, 0.15) is 12.2 Å². The van der Waals surface area contributed by atoms with E-state index < -0.39 is 12.2 Å². The van der Waals surface area contributed by atoms with Crippen LogP contribution >= 0.6 is 0 Å². The van der Waals surface area contributed by atoms with Crippen LogP contribution in [0.2, 0.25) is 0 Å². The van der Waals surface area contributed by atoms with Gasteiger partial charge in [-0.25, -0.2) is 0 Å². The van der Waals surface area contributed by atoms with Gasteiger partial charge < -0.3 is 14.6 Å². The number of methoxy groups -OCH3 is 1. The summed E-state index contributed by atoms with van der Waals surface area (Å²) in [5.74, 6) is -0.164. The molecule has 0 aromatic rings. The van der Waals surface area contributed by atoms with Crippen LogP contribution in [0.4, 0.5) is 0 Å². The number of aliphatic hydroxyl groups excluding tert-OH is 1. The van der Waals surface area contributed by atoms with Crippen molar-refractivity contribution in [2.75, 3.05) is 7.11 Å². The Morgan fingerprint density at radius 2 is 2.20 bits per heavy atom. The molecule has 1 aliphatic heterocycles. The van der Waals surface area contributed by atoms with Gasteiger partial charge in [-0.05, 0) is 38.2 Å². The molecule has 0 spiro atoms. The standard InChI is InChI=1S/C21H34O4/c1-3-4-5-6-7-11-14-19(22)20(24-2)17-16-18-13-10-8-9-12-15-21(23)25-18/h7-8,10-11,16-20,22H,3-6,9,12-15H2,1-2H3/b10-8-,11-7-,17-16+/t18-,19-,20?/m0/s1. The van der Waals surface area contributed by atoms with Crippen LogP contribution in [0.3, 0.4) is 0 Å². The minimum Gasteiger partial charge on any atom is -0.458 e. The van der Waals surface area contributed by atoms with Crippen molar-refractivity contribution < 1.29 is 19.4 Å². The van der Waals surface area contributed by atoms with E-state index in [1.165, 1.54) is 19.3 Å². The molecule has 0 bridgehead atoms. The Labute approximate surface area is 152 Å². The lowest BCUT2D eigenvalue weighted by molar-refractivity contribution is -0.146. The van der Waals surface area contributed by atoms with E-state index in [0.717, 1.165) is 19.3 Å². The van der Waals surface area contributed by atoms with Crippen molar-refractivity contribution in [3.8, 4) is 0 Å². The lowest BCUT2D eigenvalue weighted by Crippen LogP contribution is -2.26. The highest BCUT2D eigenvalue weighted by Gasteiger charge is 2.16. The number of unbranched alkanes of at least 4 members (excludes halogenated alkanes) is 3. The first kappa shape index (κ1) is 21.7. The Morgan fingerprint density at radius 1 is 1.36 bits per heavy atom. The molecule has 0 amide bonds. The molecule has 0 aromatic carbocycles. The summed E-state index contributed by atoms with van der Waals surface area (Å²) >= 11 is 0. The van der Waals surface area contributed by atoms with Crippen molar-refractivity contribution in [1.29, 1.82) is 0 Å². The maximum atomic E-state index is 11.7. The third-order valence-electron chi connectivity index (χ3n) is 4.25. The number of ether oxygens (including phenoxy) is 2. The highest BCUT2D eigenvalue weighted by atomic mass is 16.5. The molecule has 4 nitrogen and oxygen atoms in total. The van der Waals surface area contributed by atoms with Crippen molar-refractivity contribution in [2.24, 2.45) is 0 Å². The Balaban J connectivity index is 2.48. The molecule has 0 fully saturated rings. The molecule has 1 aliphatic rings. The second-order valence-electron chi connectivity index (χ2n) is 6.48. The Morgan fingerprint density at radius 3 is 2.96 bits per heavy atom. The average molecular weight is 350 g/mol. The predicted octanol–water partition coefficient (Wildman–Crippen LogP) is 4.49. The van der Waals surface area contributed by atoms with Crippen molar-refractivity contribution in [3.05, 3.63) is 36.5 Å². The molecule has 1 N–H and O–H groups in total. The number of hydrogen-bond donors (Lipinski definition) is 1. The van der Waals surface area contributed by atoms with Crippen LogP contribution in [0.15, 0.2) is 36.5 Å². The summed E-state index contributed by atoms with van der Waals surface area (Å²) in [4.78, 5) is 11.7. The van der Waals surface area contributed by atoms with Gasteiger partial charge in [-0.1, -0.05) is 50.1 Å². The number of carbonyl (C=O) groups excluding carboxylic acids is 1. The molecule has 3 atom stereocenters. The van der Waals surface area contributed by atoms with Gasteiger partial charge in [0, 0.05) is 20.0 Å². The SMILES string of the molecule is CCCCC/C=C\C[C@H](O)C(/C=C/[C@@H]1C/C=C\CCCC(=O)O1)OC. The summed E-state index contributed by atoms with van der Waals surface area (Å²) in [5.41, 5.74) is 0. The topological polar surface area (TPSA) is 55.8 Å². The van der Waals surface area contributed by atoms with Gasteiger partial charge in [-0.2, -0.15) is 0 Å². The smallest absolute Gasteiger partial charge is 0.306 e. The van der Waals surface area contributed by atoms with E-state index in [1.807, 2.05) is 18.2 Å². The van der Waals surface area contributed by atoms with Crippen LogP contribution in [-0.4, -0.2) is 36.5 Å². The fourth-order valence-electron chi connectivity index (χ4n) is 2.70. The van der Waals surface area contributed by atoms with E-state index in [9.17, 15) is 9.90 Å². The van der Waals surface area contributed by atoms with E-state index in [0.29, 0.717) is 19.3 Å². The Kier molecular flexibility index (Phi) is 12.0. The molecule has 1 heterocycles. The second kappa shape index (κ2) is 13.9. The second-order valence-corrected chi connectivity index (χ2v) is 6.48. The number of aliphatic hydroxyl groups is 1. The molecule has 0 saturated carbocycles. The van der Waals surface area contributed by atoms with Crippen molar-refractivity contribution >= 4 is 5.97 Å². The molecule has 25 heavy (non-hydrogen) atoms. The minimum atomic E-state index is -0.605. The molecule has 142 valence electrons. The van der Waals surface area contributed by atoms with Crippen LogP contribution in [0, 0.1) is 0 Å². The van der Waals surface area contributed by atoms with E-state index >= 15 is 0 Å². The maximum Gasteiger partial charge on any atom is 0.306 e. The van der Waals surface area contributed by atoms with Gasteiger partial charge >= 0.3 is 5.97 Å². The zero-order valence-electron chi connectivity index (χ0n) is 15.7. The quantitative estimate of drug-likeness (QED) is 0.358. The van der Waals surface area contributed by atoms with Crippen LogP contribution in [0.1, 0.15) is 64.7 Å². The van der Waals surface area contributed by atoms with Gasteiger partial charge in [0.15, 0.2) is 0 Å². The molecule has 0 aliphatic carbocycles. The first-order valence-corrected chi connectivity index (χ1v) is 9.56. The van der Waals surface area contributed by atoms with E-state index in [4.69, 9.17) is 9.47 Å². The summed E-state index contributed by atoms with van der Waals surface area (Å²) < 4.78 is 10.8. The molecule has 0 aromatic heterocycles. The van der Waals surface area contributed by atoms with Gasteiger partial charge in [0.2, 0.25) is 0 Å². The van der Waals surface area contributed by atoms with E-state index in [2.05, 4.69) is 19.1 Å². The van der Waals surface area contributed by atoms with Crippen LogP contribution in [0.5, 0.6) is 0 Å². The third-order valence-corrected chi connectivity index (χ3v) is 4.25. The zero-order valence-corrected chi connectivity index (χ0v) is 15.7. The Hall–Kier alpha value is -1.39. The molecular formula is C21H34O4. The summed E-state index contributed by atoms with van der Waals surface area (Å²) in [5, 5.41) is 10.3. The van der Waals surface area contributed by atoms with Crippen molar-refractivity contribution in [1.82, 2.24) is 0 Å². The van der Waals surface area contributed by atoms with E-state index in [1.54, 1.807) is 13.2 Å². The maximum absolute atomic E-state index is 11.7. The molecule has 1 unspecified atom stereocenters. The van der Waals surface area contributed by atoms with Crippen molar-refractivity contribution in [2.45, 2.75) is 83.0 Å². The minimum absolute atomic E-state index is 0.164. The van der Waals surface area contributed by atoms with Crippen LogP contribution in [0.25, 0.3) is 0 Å². The molecule has 1 rings (SSSR count). The Bertz CT molecular complexity index is 439. The summed E-state index contributed by atoms with van der Waals surface area (Å²) in [6, 6.07) is 0. The normalized spacial score (nSPS) is 23.0. The molecular weight excluding hydrogens is 316 g/mol. The first-order chi connectivity index (χ1) is 12.2. The molecule has 4 heteroatoms. The highest BCUT2D eigenvalue weighted by Crippen LogP contribution is 2.13. The van der Waals surface area contributed by atoms with Gasteiger partial charge in [0.25, 0.3) is 0 Å². The fraction of sp³-hybridized carbons (Fsp3) is 0.667. The number of hydrogen-bond acceptors (Lipinski definition) is 4. The van der Waals surface area contributed by atoms with E-state index in [-0.39, 0.29) is 12.1 Å². The first-order valence-electron chi connectivity index (χ1n) is 9.56. The average Bonchev–Trinajstić information content (AvgIpc) is 2.70. The number of rotatable bonds is 10. The fourth-order valence-corrected chi connectivity index (χ4v) is 2.70. The monoisotopic (exact) mass is 350 g/mol. The third kappa shape index (κ3) is 10.3. The predicted molar refractivity (Wildman–Crippen MR) is 101 cm³/mol. The number of allylic oxidation sites excluding steroid dienone is 2. The zero-order chi connectivity index (χ0) is 18.3. The lowest BCUT2D eigenvalue weighted by atomic mass is 10.1. The number of cyclic esters (lactones) is 1. The van der Waals surface area contributed by atoms with Crippen LogP contribution in [-0.2, 0) is 14.3 Å². The van der Waals surface area contributed by atoms with Crippen LogP contribution < -0.4 is 0 Å². The lowest BCUT2D eigenvalue weighted by Gasteiger charge is -2.18. The van der Waals surface area contributed by atoms with Gasteiger partial charge in [-0.3, -0.25) is 4.79 Å². The molecule has 0 saturated heterocycles. The summed E-state index contributed by atoms with van der Waals surface area (Å²) in [6.45, 7) is 2.19. The highest BCUT2D eigenvalue weighted by molar-refractivity contribution is 5.69. The largest absolute Gasteiger partial charge is 0.458 e. The van der Waals surface area contributed by atoms with Crippen molar-refractivity contribution in [3.63, 3.8) is 0 Å². The number of carbonyl (C=O) groups is 1. The summed E-state index contributed by atoms with van der Waals surface area (Å²) in [7, 11) is 1.58. The molecule has 0 radical (unpaired) electrons. The van der Waals surface area contributed by atoms with Gasteiger partial charge in [-0.15, -0.1) is 0 Å².